The van der Waals surface area contributed by atoms with Gasteiger partial charge in [0.1, 0.15) is 5.69 Å². The number of carbonyl (C=O) groups is 1. The zero-order chi connectivity index (χ0) is 17.8. The Kier molecular flexibility index (Phi) is 5.40. The zero-order valence-corrected chi connectivity index (χ0v) is 13.7. The van der Waals surface area contributed by atoms with E-state index in [1.54, 1.807) is 17.0 Å². The molecule has 25 heavy (non-hydrogen) atoms. The highest BCUT2D eigenvalue weighted by Gasteiger charge is 2.30. The van der Waals surface area contributed by atoms with E-state index in [0.29, 0.717) is 43.9 Å². The molecule has 0 bridgehead atoms. The van der Waals surface area contributed by atoms with Gasteiger partial charge in [0.2, 0.25) is 0 Å². The number of amides is 1. The molecule has 1 atom stereocenters. The number of nitrogens with zero attached hydrogens (tertiary/aromatic N) is 3. The van der Waals surface area contributed by atoms with Crippen LogP contribution in [0.25, 0.3) is 0 Å². The Morgan fingerprint density at radius 1 is 1.28 bits per heavy atom. The molecule has 3 rings (SSSR count). The van der Waals surface area contributed by atoms with Crippen molar-refractivity contribution < 1.29 is 18.7 Å². The van der Waals surface area contributed by atoms with Gasteiger partial charge in [-0.05, 0) is 30.2 Å². The van der Waals surface area contributed by atoms with Gasteiger partial charge in [-0.2, -0.15) is 5.10 Å². The average Bonchev–Trinajstić information content (AvgIpc) is 3.14. The fraction of sp³-hybridized carbons (Fsp3) is 0.412. The lowest BCUT2D eigenvalue weighted by molar-refractivity contribution is 0.0390. The molecule has 1 aromatic carbocycles. The first-order valence-electron chi connectivity index (χ1n) is 8.16. The lowest BCUT2D eigenvalue weighted by Crippen LogP contribution is -2.54. The summed E-state index contributed by atoms with van der Waals surface area (Å²) in [5, 5.41) is 15.8. The van der Waals surface area contributed by atoms with Crippen LogP contribution in [0, 0.1) is 11.6 Å². The quantitative estimate of drug-likeness (QED) is 0.855. The van der Waals surface area contributed by atoms with E-state index < -0.39 is 11.6 Å². The van der Waals surface area contributed by atoms with Crippen molar-refractivity contribution in [2.45, 2.75) is 19.0 Å². The monoisotopic (exact) mass is 350 g/mol. The minimum absolute atomic E-state index is 0.00890. The number of H-pyrrole nitrogens is 1. The first-order chi connectivity index (χ1) is 12.1. The second-order valence-electron chi connectivity index (χ2n) is 6.11. The molecular weight excluding hydrogens is 330 g/mol. The minimum atomic E-state index is -0.871. The molecule has 6 nitrogen and oxygen atoms in total. The molecule has 0 radical (unpaired) electrons. The summed E-state index contributed by atoms with van der Waals surface area (Å²) >= 11 is 0. The van der Waals surface area contributed by atoms with Crippen LogP contribution in [0.5, 0.6) is 0 Å². The summed E-state index contributed by atoms with van der Waals surface area (Å²) in [5.41, 5.74) is 1.09. The Morgan fingerprint density at radius 3 is 2.80 bits per heavy atom. The summed E-state index contributed by atoms with van der Waals surface area (Å²) in [5.74, 6) is -1.87. The van der Waals surface area contributed by atoms with Crippen LogP contribution in [-0.4, -0.2) is 63.3 Å². The number of aromatic amines is 1. The SMILES string of the molecule is O=C(c1ccn[nH]1)N1CCN(Cc2ccc(F)c(F)c2)[C@@H](CCO)C1. The molecule has 1 aliphatic rings. The number of hydrogen-bond donors (Lipinski definition) is 2. The molecular formula is C17H20F2N4O2. The lowest BCUT2D eigenvalue weighted by Gasteiger charge is -2.41. The molecule has 1 aromatic heterocycles. The number of aromatic nitrogens is 2. The summed E-state index contributed by atoms with van der Waals surface area (Å²) < 4.78 is 26.5. The number of halogens is 2. The molecule has 1 aliphatic heterocycles. The highest BCUT2D eigenvalue weighted by Crippen LogP contribution is 2.19. The molecule has 0 unspecified atom stereocenters. The van der Waals surface area contributed by atoms with Crippen molar-refractivity contribution in [3.05, 3.63) is 53.4 Å². The van der Waals surface area contributed by atoms with Gasteiger partial charge in [-0.3, -0.25) is 14.8 Å². The van der Waals surface area contributed by atoms with Crippen LogP contribution in [0.4, 0.5) is 8.78 Å². The van der Waals surface area contributed by atoms with Gasteiger partial charge in [-0.25, -0.2) is 8.78 Å². The van der Waals surface area contributed by atoms with Crippen LogP contribution in [0.1, 0.15) is 22.5 Å². The third-order valence-electron chi connectivity index (χ3n) is 4.46. The van der Waals surface area contributed by atoms with E-state index in [4.69, 9.17) is 0 Å². The smallest absolute Gasteiger partial charge is 0.271 e. The maximum absolute atomic E-state index is 13.4. The molecule has 0 saturated carbocycles. The van der Waals surface area contributed by atoms with Crippen molar-refractivity contribution in [1.82, 2.24) is 20.0 Å². The van der Waals surface area contributed by atoms with Crippen LogP contribution in [-0.2, 0) is 6.54 Å². The standard InChI is InChI=1S/C17H20F2N4O2/c18-14-2-1-12(9-15(14)19)10-22-6-7-23(11-13(22)4-8-24)17(25)16-3-5-20-21-16/h1-3,5,9,13,24H,4,6-8,10-11H2,(H,20,21)/t13-/m0/s1. The topological polar surface area (TPSA) is 72.5 Å². The first-order valence-corrected chi connectivity index (χ1v) is 8.16. The number of nitrogens with one attached hydrogen (secondary N) is 1. The number of carbonyl (C=O) groups excluding carboxylic acids is 1. The van der Waals surface area contributed by atoms with E-state index in [-0.39, 0.29) is 18.6 Å². The fourth-order valence-electron chi connectivity index (χ4n) is 3.13. The summed E-state index contributed by atoms with van der Waals surface area (Å²) in [6, 6.07) is 5.42. The van der Waals surface area contributed by atoms with E-state index in [2.05, 4.69) is 15.1 Å². The Hall–Kier alpha value is -2.32. The number of benzene rings is 1. The van der Waals surface area contributed by atoms with Crippen LogP contribution in [0.2, 0.25) is 0 Å². The third-order valence-corrected chi connectivity index (χ3v) is 4.46. The predicted molar refractivity (Wildman–Crippen MR) is 86.8 cm³/mol. The largest absolute Gasteiger partial charge is 0.396 e. The molecule has 0 aliphatic carbocycles. The minimum Gasteiger partial charge on any atom is -0.396 e. The number of rotatable bonds is 5. The third kappa shape index (κ3) is 4.02. The second kappa shape index (κ2) is 7.71. The Balaban J connectivity index is 1.69. The average molecular weight is 350 g/mol. The molecule has 1 fully saturated rings. The molecule has 0 spiro atoms. The predicted octanol–water partition coefficient (Wildman–Crippen LogP) is 1.40. The number of hydrogen-bond acceptors (Lipinski definition) is 4. The van der Waals surface area contributed by atoms with Crippen molar-refractivity contribution in [1.29, 1.82) is 0 Å². The summed E-state index contributed by atoms with van der Waals surface area (Å²) in [4.78, 5) is 16.2. The molecule has 2 N–H and O–H groups in total. The zero-order valence-electron chi connectivity index (χ0n) is 13.7. The molecule has 134 valence electrons. The Labute approximate surface area is 144 Å². The Morgan fingerprint density at radius 2 is 2.12 bits per heavy atom. The van der Waals surface area contributed by atoms with Gasteiger partial charge in [0, 0.05) is 45.0 Å². The van der Waals surface area contributed by atoms with Crippen LogP contribution in [0.15, 0.2) is 30.5 Å². The van der Waals surface area contributed by atoms with Crippen molar-refractivity contribution in [2.24, 2.45) is 0 Å². The van der Waals surface area contributed by atoms with Crippen LogP contribution in [0.3, 0.4) is 0 Å². The highest BCUT2D eigenvalue weighted by molar-refractivity contribution is 5.92. The van der Waals surface area contributed by atoms with Gasteiger partial charge in [-0.1, -0.05) is 6.07 Å². The van der Waals surface area contributed by atoms with Gasteiger partial charge in [0.15, 0.2) is 11.6 Å². The number of aliphatic hydroxyl groups excluding tert-OH is 1. The molecule has 2 heterocycles. The summed E-state index contributed by atoms with van der Waals surface area (Å²) in [6.45, 7) is 1.99. The molecule has 1 saturated heterocycles. The van der Waals surface area contributed by atoms with Gasteiger partial charge >= 0.3 is 0 Å². The maximum atomic E-state index is 13.4. The molecule has 2 aromatic rings. The maximum Gasteiger partial charge on any atom is 0.271 e. The summed E-state index contributed by atoms with van der Waals surface area (Å²) in [7, 11) is 0. The van der Waals surface area contributed by atoms with E-state index in [1.807, 2.05) is 0 Å². The van der Waals surface area contributed by atoms with E-state index in [0.717, 1.165) is 6.07 Å². The molecule has 8 heteroatoms. The number of aliphatic hydroxyl groups is 1. The summed E-state index contributed by atoms with van der Waals surface area (Å²) in [6.07, 6.45) is 2.02. The molecule has 1 amide bonds. The van der Waals surface area contributed by atoms with E-state index in [9.17, 15) is 18.7 Å². The van der Waals surface area contributed by atoms with Gasteiger partial charge in [0.05, 0.1) is 0 Å². The fourth-order valence-corrected chi connectivity index (χ4v) is 3.13. The van der Waals surface area contributed by atoms with Crippen molar-refractivity contribution in [3.8, 4) is 0 Å². The van der Waals surface area contributed by atoms with Crippen molar-refractivity contribution >= 4 is 5.91 Å². The van der Waals surface area contributed by atoms with Crippen LogP contribution < -0.4 is 0 Å². The van der Waals surface area contributed by atoms with E-state index in [1.165, 1.54) is 12.3 Å². The van der Waals surface area contributed by atoms with Gasteiger partial charge < -0.3 is 10.0 Å². The van der Waals surface area contributed by atoms with Crippen molar-refractivity contribution in [2.75, 3.05) is 26.2 Å². The van der Waals surface area contributed by atoms with Crippen molar-refractivity contribution in [3.63, 3.8) is 0 Å². The first kappa shape index (κ1) is 17.5. The second-order valence-corrected chi connectivity index (χ2v) is 6.11. The Bertz CT molecular complexity index is 723. The van der Waals surface area contributed by atoms with Gasteiger partial charge in [-0.15, -0.1) is 0 Å². The lowest BCUT2D eigenvalue weighted by atomic mass is 10.1. The number of piperazine rings is 1. The van der Waals surface area contributed by atoms with Crippen LogP contribution >= 0.6 is 0 Å². The normalized spacial score (nSPS) is 18.5. The highest BCUT2D eigenvalue weighted by atomic mass is 19.2. The van der Waals surface area contributed by atoms with E-state index >= 15 is 0 Å². The van der Waals surface area contributed by atoms with Gasteiger partial charge in [0.25, 0.3) is 5.91 Å².